The summed E-state index contributed by atoms with van der Waals surface area (Å²) in [5.41, 5.74) is 3.41. The number of nitrogens with zero attached hydrogens (tertiary/aromatic N) is 1. The first kappa shape index (κ1) is 21.5. The van der Waals surface area contributed by atoms with Crippen molar-refractivity contribution in [1.29, 1.82) is 0 Å². The van der Waals surface area contributed by atoms with Gasteiger partial charge in [-0.25, -0.2) is 8.42 Å². The minimum atomic E-state index is -3.69. The molecule has 1 unspecified atom stereocenters. The molecule has 2 rings (SSSR count). The second kappa shape index (κ2) is 8.50. The third kappa shape index (κ3) is 5.61. The third-order valence-electron chi connectivity index (χ3n) is 4.16. The van der Waals surface area contributed by atoms with Crippen LogP contribution in [0.5, 0.6) is 0 Å². The van der Waals surface area contributed by atoms with Crippen LogP contribution in [0.1, 0.15) is 29.7 Å². The average Bonchev–Trinajstić information content (AvgIpc) is 2.56. The number of nitrogens with one attached hydrogen (secondary N) is 1. The number of carbonyl (C=O) groups excluding carboxylic acids is 1. The summed E-state index contributed by atoms with van der Waals surface area (Å²) in [6, 6.07) is 10.2. The van der Waals surface area contributed by atoms with E-state index in [2.05, 4.69) is 5.32 Å². The van der Waals surface area contributed by atoms with Crippen molar-refractivity contribution in [3.05, 3.63) is 63.1 Å². The summed E-state index contributed by atoms with van der Waals surface area (Å²) in [7, 11) is -3.69. The summed E-state index contributed by atoms with van der Waals surface area (Å²) in [4.78, 5) is 12.5. The first-order valence-electron chi connectivity index (χ1n) is 8.28. The van der Waals surface area contributed by atoms with E-state index >= 15 is 0 Å². The number of hydrogen-bond acceptors (Lipinski definition) is 3. The van der Waals surface area contributed by atoms with Crippen molar-refractivity contribution in [1.82, 2.24) is 5.32 Å². The Hall–Kier alpha value is -1.76. The van der Waals surface area contributed by atoms with Gasteiger partial charge in [-0.15, -0.1) is 0 Å². The van der Waals surface area contributed by atoms with Gasteiger partial charge in [-0.05, 0) is 50.1 Å². The molecule has 0 aliphatic carbocycles. The monoisotopic (exact) mass is 428 g/mol. The van der Waals surface area contributed by atoms with Crippen molar-refractivity contribution in [2.24, 2.45) is 0 Å². The van der Waals surface area contributed by atoms with Gasteiger partial charge in [-0.3, -0.25) is 9.10 Å². The smallest absolute Gasteiger partial charge is 0.241 e. The number of halogens is 2. The summed E-state index contributed by atoms with van der Waals surface area (Å²) in [6.45, 7) is 5.46. The second-order valence-electron chi connectivity index (χ2n) is 6.52. The van der Waals surface area contributed by atoms with Gasteiger partial charge in [0, 0.05) is 0 Å². The highest BCUT2D eigenvalue weighted by molar-refractivity contribution is 7.92. The van der Waals surface area contributed by atoms with Gasteiger partial charge in [0.1, 0.15) is 6.54 Å². The van der Waals surface area contributed by atoms with Gasteiger partial charge in [0.05, 0.1) is 28.0 Å². The topological polar surface area (TPSA) is 66.5 Å². The van der Waals surface area contributed by atoms with Crippen LogP contribution in [-0.4, -0.2) is 27.1 Å². The molecule has 146 valence electrons. The average molecular weight is 429 g/mol. The molecule has 0 spiro atoms. The van der Waals surface area contributed by atoms with Gasteiger partial charge >= 0.3 is 0 Å². The Kier molecular flexibility index (Phi) is 6.78. The molecule has 1 atom stereocenters. The number of aryl methyl sites for hydroxylation is 2. The van der Waals surface area contributed by atoms with Crippen LogP contribution in [0.3, 0.4) is 0 Å². The van der Waals surface area contributed by atoms with Crippen molar-refractivity contribution in [3.63, 3.8) is 0 Å². The van der Waals surface area contributed by atoms with Crippen LogP contribution in [-0.2, 0) is 14.8 Å². The fraction of sp³-hybridized carbons (Fsp3) is 0.316. The lowest BCUT2D eigenvalue weighted by Gasteiger charge is -2.24. The molecule has 0 bridgehead atoms. The highest BCUT2D eigenvalue weighted by Gasteiger charge is 2.23. The molecular formula is C19H22Cl2N2O3S. The van der Waals surface area contributed by atoms with Crippen LogP contribution in [0.25, 0.3) is 0 Å². The number of hydrogen-bond donors (Lipinski definition) is 1. The van der Waals surface area contributed by atoms with E-state index in [0.717, 1.165) is 27.3 Å². The molecule has 27 heavy (non-hydrogen) atoms. The van der Waals surface area contributed by atoms with Crippen LogP contribution in [0.4, 0.5) is 5.69 Å². The summed E-state index contributed by atoms with van der Waals surface area (Å²) in [6.07, 6.45) is 1.04. The van der Waals surface area contributed by atoms with Crippen molar-refractivity contribution < 1.29 is 13.2 Å². The Morgan fingerprint density at radius 1 is 1.11 bits per heavy atom. The molecule has 0 fully saturated rings. The molecule has 1 N–H and O–H groups in total. The van der Waals surface area contributed by atoms with Gasteiger partial charge in [0.2, 0.25) is 15.9 Å². The molecule has 1 amide bonds. The predicted molar refractivity (Wildman–Crippen MR) is 111 cm³/mol. The fourth-order valence-electron chi connectivity index (χ4n) is 2.76. The van der Waals surface area contributed by atoms with E-state index in [1.807, 2.05) is 39.0 Å². The maximum Gasteiger partial charge on any atom is 0.241 e. The quantitative estimate of drug-likeness (QED) is 0.747. The number of anilines is 1. The minimum absolute atomic E-state index is 0.215. The van der Waals surface area contributed by atoms with E-state index in [1.165, 1.54) is 18.2 Å². The van der Waals surface area contributed by atoms with E-state index in [4.69, 9.17) is 23.2 Å². The third-order valence-corrected chi connectivity index (χ3v) is 6.04. The number of amides is 1. The molecule has 2 aromatic carbocycles. The zero-order chi connectivity index (χ0) is 20.4. The number of sulfonamides is 1. The van der Waals surface area contributed by atoms with Crippen molar-refractivity contribution >= 4 is 44.8 Å². The highest BCUT2D eigenvalue weighted by Crippen LogP contribution is 2.28. The standard InChI is InChI=1S/C19H22Cl2N2O3S/c1-12-5-6-13(2)16(9-12)14(3)22-19(24)11-23(27(4,25)26)15-7-8-17(20)18(21)10-15/h5-10,14H,11H2,1-4H3,(H,22,24). The molecule has 8 heteroatoms. The molecule has 2 aromatic rings. The van der Waals surface area contributed by atoms with Crippen LogP contribution >= 0.6 is 23.2 Å². The lowest BCUT2D eigenvalue weighted by Crippen LogP contribution is -2.41. The van der Waals surface area contributed by atoms with Crippen LogP contribution in [0.2, 0.25) is 10.0 Å². The number of benzene rings is 2. The van der Waals surface area contributed by atoms with E-state index in [0.29, 0.717) is 5.02 Å². The van der Waals surface area contributed by atoms with E-state index in [1.54, 1.807) is 0 Å². The maximum atomic E-state index is 12.5. The van der Waals surface area contributed by atoms with Crippen molar-refractivity contribution in [3.8, 4) is 0 Å². The summed E-state index contributed by atoms with van der Waals surface area (Å²) < 4.78 is 25.4. The van der Waals surface area contributed by atoms with E-state index < -0.39 is 15.9 Å². The van der Waals surface area contributed by atoms with Crippen molar-refractivity contribution in [2.75, 3.05) is 17.1 Å². The van der Waals surface area contributed by atoms with Crippen molar-refractivity contribution in [2.45, 2.75) is 26.8 Å². The lowest BCUT2D eigenvalue weighted by atomic mass is 10.00. The van der Waals surface area contributed by atoms with E-state index in [9.17, 15) is 13.2 Å². The molecule has 0 aromatic heterocycles. The SMILES string of the molecule is Cc1ccc(C)c(C(C)NC(=O)CN(c2ccc(Cl)c(Cl)c2)S(C)(=O)=O)c1. The first-order valence-corrected chi connectivity index (χ1v) is 10.9. The molecular weight excluding hydrogens is 407 g/mol. The Balaban J connectivity index is 2.21. The Bertz CT molecular complexity index is 961. The highest BCUT2D eigenvalue weighted by atomic mass is 35.5. The van der Waals surface area contributed by atoms with Gasteiger partial charge in [0.25, 0.3) is 0 Å². The van der Waals surface area contributed by atoms with Gasteiger partial charge < -0.3 is 5.32 Å². The predicted octanol–water partition coefficient (Wildman–Crippen LogP) is 4.25. The maximum absolute atomic E-state index is 12.5. The number of carbonyl (C=O) groups is 1. The van der Waals surface area contributed by atoms with Crippen LogP contribution in [0, 0.1) is 13.8 Å². The van der Waals surface area contributed by atoms with Gasteiger partial charge in [-0.2, -0.15) is 0 Å². The molecule has 0 aliphatic heterocycles. The zero-order valence-corrected chi connectivity index (χ0v) is 17.9. The first-order chi connectivity index (χ1) is 12.5. The summed E-state index contributed by atoms with van der Waals surface area (Å²) in [5.74, 6) is -0.417. The number of rotatable bonds is 6. The lowest BCUT2D eigenvalue weighted by molar-refractivity contribution is -0.120. The Morgan fingerprint density at radius 3 is 2.37 bits per heavy atom. The van der Waals surface area contributed by atoms with Crippen LogP contribution < -0.4 is 9.62 Å². The molecule has 0 saturated carbocycles. The molecule has 0 heterocycles. The minimum Gasteiger partial charge on any atom is -0.348 e. The van der Waals surface area contributed by atoms with E-state index in [-0.39, 0.29) is 23.3 Å². The van der Waals surface area contributed by atoms with Gasteiger partial charge in [0.15, 0.2) is 0 Å². The molecule has 0 aliphatic rings. The molecule has 0 saturated heterocycles. The molecule has 0 radical (unpaired) electrons. The Morgan fingerprint density at radius 2 is 1.78 bits per heavy atom. The van der Waals surface area contributed by atoms with Gasteiger partial charge in [-0.1, -0.05) is 47.0 Å². The zero-order valence-electron chi connectivity index (χ0n) is 15.6. The normalized spacial score (nSPS) is 12.5. The largest absolute Gasteiger partial charge is 0.348 e. The summed E-state index contributed by atoms with van der Waals surface area (Å²) >= 11 is 11.9. The summed E-state index contributed by atoms with van der Waals surface area (Å²) in [5, 5.41) is 3.38. The molecule has 5 nitrogen and oxygen atoms in total. The van der Waals surface area contributed by atoms with Crippen LogP contribution in [0.15, 0.2) is 36.4 Å². The second-order valence-corrected chi connectivity index (χ2v) is 9.24. The Labute approximate surface area is 170 Å². The fourth-order valence-corrected chi connectivity index (χ4v) is 3.90.